The van der Waals surface area contributed by atoms with Gasteiger partial charge >= 0.3 is 0 Å². The van der Waals surface area contributed by atoms with Crippen LogP contribution < -0.4 is 5.32 Å². The lowest BCUT2D eigenvalue weighted by Gasteiger charge is -2.38. The number of halogens is 1. The van der Waals surface area contributed by atoms with Crippen molar-refractivity contribution in [2.75, 3.05) is 26.7 Å². The molecule has 0 atom stereocenters. The monoisotopic (exact) mass is 434 g/mol. The molecule has 1 aromatic heterocycles. The molecule has 1 aromatic rings. The predicted molar refractivity (Wildman–Crippen MR) is 105 cm³/mol. The zero-order valence-electron chi connectivity index (χ0n) is 13.8. The summed E-state index contributed by atoms with van der Waals surface area (Å²) in [7, 11) is 1.90. The number of nitrogens with zero attached hydrogens (tertiary/aromatic N) is 3. The topological polar surface area (TPSA) is 40.5 Å². The zero-order chi connectivity index (χ0) is 14.9. The van der Waals surface area contributed by atoms with Crippen molar-refractivity contribution in [2.24, 2.45) is 10.4 Å². The van der Waals surface area contributed by atoms with Crippen LogP contribution in [0.15, 0.2) is 4.99 Å². The first kappa shape index (κ1) is 18.0. The summed E-state index contributed by atoms with van der Waals surface area (Å²) in [5.41, 5.74) is 1.81. The van der Waals surface area contributed by atoms with Crippen LogP contribution >= 0.6 is 35.3 Å². The van der Waals surface area contributed by atoms with Gasteiger partial charge in [-0.1, -0.05) is 6.42 Å². The Hall–Kier alpha value is -0.370. The van der Waals surface area contributed by atoms with E-state index in [4.69, 9.17) is 0 Å². The summed E-state index contributed by atoms with van der Waals surface area (Å²) < 4.78 is 0. The Bertz CT molecular complexity index is 536. The lowest BCUT2D eigenvalue weighted by molar-refractivity contribution is 0.151. The smallest absolute Gasteiger partial charge is 0.193 e. The molecule has 0 radical (unpaired) electrons. The Balaban J connectivity index is 0.00000176. The van der Waals surface area contributed by atoms with Crippen molar-refractivity contribution in [1.82, 2.24) is 15.2 Å². The first-order valence-electron chi connectivity index (χ1n) is 8.00. The first-order chi connectivity index (χ1) is 10.1. The highest BCUT2D eigenvalue weighted by atomic mass is 127. The van der Waals surface area contributed by atoms with Crippen molar-refractivity contribution < 1.29 is 0 Å². The molecule has 0 unspecified atom stereocenters. The fourth-order valence-corrected chi connectivity index (χ4v) is 4.56. The molecule has 2 aliphatic rings. The number of aryl methyl sites for hydroxylation is 2. The van der Waals surface area contributed by atoms with E-state index >= 15 is 0 Å². The Morgan fingerprint density at radius 3 is 2.64 bits per heavy atom. The molecule has 3 rings (SSSR count). The van der Waals surface area contributed by atoms with E-state index in [0.29, 0.717) is 5.41 Å². The molecule has 0 bridgehead atoms. The summed E-state index contributed by atoms with van der Waals surface area (Å²) in [6.45, 7) is 7.49. The third-order valence-corrected chi connectivity index (χ3v) is 6.13. The molecular weight excluding hydrogens is 407 g/mol. The van der Waals surface area contributed by atoms with E-state index in [1.54, 1.807) is 0 Å². The summed E-state index contributed by atoms with van der Waals surface area (Å²) in [6, 6.07) is 0. The van der Waals surface area contributed by atoms with Gasteiger partial charge in [0.15, 0.2) is 5.96 Å². The van der Waals surface area contributed by atoms with Gasteiger partial charge in [0.2, 0.25) is 0 Å². The minimum absolute atomic E-state index is 0. The van der Waals surface area contributed by atoms with E-state index in [-0.39, 0.29) is 24.0 Å². The Labute approximate surface area is 154 Å². The number of hydrogen-bond acceptors (Lipinski definition) is 3. The Morgan fingerprint density at radius 1 is 1.36 bits per heavy atom. The summed E-state index contributed by atoms with van der Waals surface area (Å²) in [5, 5.41) is 4.70. The third-order valence-electron chi connectivity index (χ3n) is 5.00. The third kappa shape index (κ3) is 3.75. The van der Waals surface area contributed by atoms with Crippen LogP contribution in [0.25, 0.3) is 0 Å². The minimum atomic E-state index is 0. The van der Waals surface area contributed by atoms with Gasteiger partial charge in [-0.3, -0.25) is 4.99 Å². The predicted octanol–water partition coefficient (Wildman–Crippen LogP) is 3.37. The number of guanidine groups is 1. The average molecular weight is 434 g/mol. The molecule has 1 saturated carbocycles. The number of rotatable bonds is 3. The summed E-state index contributed by atoms with van der Waals surface area (Å²) in [5.74, 6) is 1.08. The van der Waals surface area contributed by atoms with Crippen LogP contribution in [0, 0.1) is 19.3 Å². The maximum Gasteiger partial charge on any atom is 0.193 e. The van der Waals surface area contributed by atoms with Crippen molar-refractivity contribution >= 4 is 41.3 Å². The van der Waals surface area contributed by atoms with Crippen LogP contribution in [0.1, 0.15) is 41.3 Å². The number of likely N-dealkylation sites (tertiary alicyclic amines) is 1. The van der Waals surface area contributed by atoms with E-state index in [9.17, 15) is 0 Å². The molecule has 1 N–H and O–H groups in total. The molecule has 124 valence electrons. The molecule has 0 amide bonds. The molecule has 0 aromatic carbocycles. The molecule has 22 heavy (non-hydrogen) atoms. The summed E-state index contributed by atoms with van der Waals surface area (Å²) >= 11 is 1.81. The SMILES string of the molecule is CN=C(NCCc1sc(C)nc1C)N1CCC2(CCC2)C1.I. The standard InChI is InChI=1S/C16H26N4S.HI/c1-12-14(21-13(2)19-12)5-9-18-15(17-3)20-10-8-16(11-20)6-4-7-16;/h4-11H2,1-3H3,(H,17,18);1H. The van der Waals surface area contributed by atoms with Crippen LogP contribution in [0.2, 0.25) is 0 Å². The van der Waals surface area contributed by atoms with Crippen LogP contribution in [0.5, 0.6) is 0 Å². The van der Waals surface area contributed by atoms with Crippen LogP contribution in [-0.2, 0) is 6.42 Å². The molecule has 1 spiro atoms. The normalized spacial score (nSPS) is 20.0. The molecule has 6 heteroatoms. The van der Waals surface area contributed by atoms with Gasteiger partial charge in [0.25, 0.3) is 0 Å². The van der Waals surface area contributed by atoms with Crippen molar-refractivity contribution in [2.45, 2.75) is 46.0 Å². The minimum Gasteiger partial charge on any atom is -0.356 e. The second-order valence-corrected chi connectivity index (χ2v) is 7.78. The van der Waals surface area contributed by atoms with Crippen LogP contribution in [-0.4, -0.2) is 42.5 Å². The molecule has 2 heterocycles. The molecule has 1 saturated heterocycles. The van der Waals surface area contributed by atoms with Crippen molar-refractivity contribution in [3.8, 4) is 0 Å². The van der Waals surface area contributed by atoms with Gasteiger partial charge in [-0.25, -0.2) is 4.98 Å². The number of hydrogen-bond donors (Lipinski definition) is 1. The highest BCUT2D eigenvalue weighted by Gasteiger charge is 2.43. The molecule has 4 nitrogen and oxygen atoms in total. The van der Waals surface area contributed by atoms with Gasteiger partial charge in [-0.05, 0) is 38.5 Å². The fraction of sp³-hybridized carbons (Fsp3) is 0.750. The number of thiazole rings is 1. The van der Waals surface area contributed by atoms with E-state index in [2.05, 4.69) is 34.0 Å². The van der Waals surface area contributed by atoms with Crippen molar-refractivity contribution in [1.29, 1.82) is 0 Å². The number of aromatic nitrogens is 1. The lowest BCUT2D eigenvalue weighted by Crippen LogP contribution is -2.43. The fourth-order valence-electron chi connectivity index (χ4n) is 3.63. The van der Waals surface area contributed by atoms with E-state index in [1.165, 1.54) is 54.4 Å². The van der Waals surface area contributed by atoms with Gasteiger partial charge in [0.05, 0.1) is 10.7 Å². The first-order valence-corrected chi connectivity index (χ1v) is 8.82. The van der Waals surface area contributed by atoms with Gasteiger partial charge < -0.3 is 10.2 Å². The maximum atomic E-state index is 4.49. The van der Waals surface area contributed by atoms with Crippen molar-refractivity contribution in [3.63, 3.8) is 0 Å². The number of nitrogens with one attached hydrogen (secondary N) is 1. The Kier molecular flexibility index (Phi) is 6.10. The van der Waals surface area contributed by atoms with Crippen molar-refractivity contribution in [3.05, 3.63) is 15.6 Å². The quantitative estimate of drug-likeness (QED) is 0.451. The molecule has 1 aliphatic carbocycles. The summed E-state index contributed by atoms with van der Waals surface area (Å²) in [6.07, 6.45) is 6.64. The van der Waals surface area contributed by atoms with Gasteiger partial charge in [0, 0.05) is 38.0 Å². The largest absolute Gasteiger partial charge is 0.356 e. The van der Waals surface area contributed by atoms with E-state index < -0.39 is 0 Å². The van der Waals surface area contributed by atoms with E-state index in [1.807, 2.05) is 18.4 Å². The van der Waals surface area contributed by atoms with Crippen LogP contribution in [0.4, 0.5) is 0 Å². The second kappa shape index (κ2) is 7.47. The average Bonchev–Trinajstić information content (AvgIpc) is 2.99. The lowest BCUT2D eigenvalue weighted by atomic mass is 9.68. The maximum absolute atomic E-state index is 4.49. The van der Waals surface area contributed by atoms with E-state index in [0.717, 1.165) is 18.9 Å². The highest BCUT2D eigenvalue weighted by molar-refractivity contribution is 14.0. The zero-order valence-corrected chi connectivity index (χ0v) is 17.0. The highest BCUT2D eigenvalue weighted by Crippen LogP contribution is 2.47. The van der Waals surface area contributed by atoms with Gasteiger partial charge in [-0.15, -0.1) is 35.3 Å². The molecule has 1 aliphatic heterocycles. The summed E-state index contributed by atoms with van der Waals surface area (Å²) in [4.78, 5) is 12.8. The second-order valence-electron chi connectivity index (χ2n) is 6.49. The van der Waals surface area contributed by atoms with Gasteiger partial charge in [-0.2, -0.15) is 0 Å². The molecular formula is C16H27IN4S. The van der Waals surface area contributed by atoms with Gasteiger partial charge in [0.1, 0.15) is 0 Å². The number of aliphatic imine (C=N–C) groups is 1. The van der Waals surface area contributed by atoms with Crippen LogP contribution in [0.3, 0.4) is 0 Å². The molecule has 2 fully saturated rings. The Morgan fingerprint density at radius 2 is 2.14 bits per heavy atom.